The number of esters is 1. The van der Waals surface area contributed by atoms with E-state index in [1.54, 1.807) is 0 Å². The summed E-state index contributed by atoms with van der Waals surface area (Å²) >= 11 is 16.9. The summed E-state index contributed by atoms with van der Waals surface area (Å²) in [6, 6.07) is 0. The molecular formula is C4H2Br2Cl2O3. The van der Waals surface area contributed by atoms with Crippen molar-refractivity contribution in [2.24, 2.45) is 0 Å². The van der Waals surface area contributed by atoms with Crippen LogP contribution in [-0.2, 0) is 9.53 Å². The lowest BCUT2D eigenvalue weighted by molar-refractivity contribution is -0.153. The molecule has 64 valence electrons. The van der Waals surface area contributed by atoms with Crippen LogP contribution in [0.2, 0.25) is 0 Å². The van der Waals surface area contributed by atoms with Crippen LogP contribution in [0.3, 0.4) is 0 Å². The number of halogens is 4. The van der Waals surface area contributed by atoms with Gasteiger partial charge >= 0.3 is 5.97 Å². The second-order valence-electron chi connectivity index (χ2n) is 1.96. The number of ether oxygens (including phenoxy) is 1. The summed E-state index contributed by atoms with van der Waals surface area (Å²) in [4.78, 5) is 10.8. The van der Waals surface area contributed by atoms with Gasteiger partial charge in [0, 0.05) is 0 Å². The van der Waals surface area contributed by atoms with Crippen molar-refractivity contribution in [2.75, 3.05) is 0 Å². The van der Waals surface area contributed by atoms with Gasteiger partial charge in [-0.25, -0.2) is 4.79 Å². The number of alkyl halides is 4. The molecule has 3 nitrogen and oxygen atoms in total. The number of rotatable bonds is 0. The van der Waals surface area contributed by atoms with Gasteiger partial charge in [-0.1, -0.05) is 55.1 Å². The summed E-state index contributed by atoms with van der Waals surface area (Å²) in [7, 11) is 0. The zero-order chi connectivity index (χ0) is 8.86. The lowest BCUT2D eigenvalue weighted by Gasteiger charge is -2.21. The van der Waals surface area contributed by atoms with E-state index in [1.807, 2.05) is 0 Å². The van der Waals surface area contributed by atoms with E-state index in [1.165, 1.54) is 0 Å². The molecule has 0 aliphatic carbocycles. The van der Waals surface area contributed by atoms with Crippen LogP contribution < -0.4 is 0 Å². The van der Waals surface area contributed by atoms with Crippen molar-refractivity contribution in [2.45, 2.75) is 13.9 Å². The van der Waals surface area contributed by atoms with Gasteiger partial charge in [0.2, 0.25) is 13.9 Å². The van der Waals surface area contributed by atoms with Crippen molar-refractivity contribution >= 4 is 61.0 Å². The zero-order valence-electron chi connectivity index (χ0n) is 4.85. The van der Waals surface area contributed by atoms with E-state index >= 15 is 0 Å². The minimum atomic E-state index is -1.62. The van der Waals surface area contributed by atoms with E-state index in [4.69, 9.17) is 28.3 Å². The molecule has 3 unspecified atom stereocenters. The highest BCUT2D eigenvalue weighted by Gasteiger charge is 2.65. The fourth-order valence-electron chi connectivity index (χ4n) is 0.541. The van der Waals surface area contributed by atoms with Crippen molar-refractivity contribution in [3.8, 4) is 0 Å². The Kier molecular flexibility index (Phi) is 2.50. The van der Waals surface area contributed by atoms with Crippen LogP contribution in [0.4, 0.5) is 0 Å². The van der Waals surface area contributed by atoms with E-state index in [0.717, 1.165) is 0 Å². The maximum Gasteiger partial charge on any atom is 0.343 e. The monoisotopic (exact) mass is 326 g/mol. The molecule has 11 heavy (non-hydrogen) atoms. The molecule has 1 rings (SSSR count). The standard InChI is InChI=1S/C4H2Br2Cl2O3/c5-3(7)1(9)11-2(10)4(3,6)8/h1,9H. The Balaban J connectivity index is 3.04. The second kappa shape index (κ2) is 2.73. The van der Waals surface area contributed by atoms with E-state index < -0.39 is 19.8 Å². The van der Waals surface area contributed by atoms with E-state index in [0.29, 0.717) is 0 Å². The maximum absolute atomic E-state index is 10.8. The Morgan fingerprint density at radius 1 is 1.55 bits per heavy atom. The molecule has 0 aromatic rings. The van der Waals surface area contributed by atoms with Gasteiger partial charge in [-0.3, -0.25) is 0 Å². The average molecular weight is 329 g/mol. The van der Waals surface area contributed by atoms with Crippen LogP contribution in [0.15, 0.2) is 0 Å². The Morgan fingerprint density at radius 3 is 2.09 bits per heavy atom. The number of hydrogen-bond donors (Lipinski definition) is 1. The number of cyclic esters (lactones) is 1. The van der Waals surface area contributed by atoms with Gasteiger partial charge in [0.15, 0.2) is 0 Å². The highest BCUT2D eigenvalue weighted by atomic mass is 79.9. The minimum absolute atomic E-state index is 0.821. The molecule has 1 fully saturated rings. The van der Waals surface area contributed by atoms with E-state index in [9.17, 15) is 4.79 Å². The normalized spacial score (nSPS) is 51.0. The van der Waals surface area contributed by atoms with Gasteiger partial charge in [-0.15, -0.1) is 0 Å². The summed E-state index contributed by atoms with van der Waals surface area (Å²) in [5.74, 6) is -0.821. The molecule has 1 aliphatic heterocycles. The van der Waals surface area contributed by atoms with Gasteiger partial charge < -0.3 is 9.84 Å². The largest absolute Gasteiger partial charge is 0.431 e. The summed E-state index contributed by atoms with van der Waals surface area (Å²) in [6.07, 6.45) is -1.46. The molecule has 1 N–H and O–H groups in total. The first-order valence-corrected chi connectivity index (χ1v) is 4.79. The van der Waals surface area contributed by atoms with Crippen LogP contribution in [0, 0.1) is 0 Å². The molecule has 0 saturated carbocycles. The van der Waals surface area contributed by atoms with Crippen LogP contribution >= 0.6 is 55.1 Å². The van der Waals surface area contributed by atoms with Crippen molar-refractivity contribution in [1.82, 2.24) is 0 Å². The predicted molar refractivity (Wildman–Crippen MR) is 47.1 cm³/mol. The summed E-state index contributed by atoms with van der Waals surface area (Å²) in [5.41, 5.74) is 0. The summed E-state index contributed by atoms with van der Waals surface area (Å²) in [5, 5.41) is 9.03. The Bertz CT molecular complexity index is 206. The van der Waals surface area contributed by atoms with E-state index in [2.05, 4.69) is 36.6 Å². The molecule has 3 atom stereocenters. The highest BCUT2D eigenvalue weighted by molar-refractivity contribution is 9.13. The van der Waals surface area contributed by atoms with Gasteiger partial charge in [0.1, 0.15) is 0 Å². The molecule has 0 spiro atoms. The minimum Gasteiger partial charge on any atom is -0.431 e. The Hall–Kier alpha value is 0.970. The van der Waals surface area contributed by atoms with Gasteiger partial charge in [0.25, 0.3) is 0 Å². The number of carbonyl (C=O) groups excluding carboxylic acids is 1. The topological polar surface area (TPSA) is 46.5 Å². The molecule has 1 aliphatic rings. The second-order valence-corrected chi connectivity index (χ2v) is 6.47. The van der Waals surface area contributed by atoms with Crippen LogP contribution in [0.25, 0.3) is 0 Å². The van der Waals surface area contributed by atoms with Gasteiger partial charge in [0.05, 0.1) is 0 Å². The van der Waals surface area contributed by atoms with Gasteiger partial charge in [-0.2, -0.15) is 0 Å². The first kappa shape index (κ1) is 10.1. The number of aliphatic hydroxyl groups excluding tert-OH is 1. The number of hydrogen-bond acceptors (Lipinski definition) is 3. The molecule has 0 aromatic heterocycles. The molecule has 0 radical (unpaired) electrons. The van der Waals surface area contributed by atoms with Crippen molar-refractivity contribution in [3.63, 3.8) is 0 Å². The van der Waals surface area contributed by atoms with Crippen LogP contribution in [0.1, 0.15) is 0 Å². The number of carbonyl (C=O) groups is 1. The molecule has 7 heteroatoms. The summed E-state index contributed by atoms with van der Waals surface area (Å²) in [6.45, 7) is 0. The first-order chi connectivity index (χ1) is 4.80. The number of aliphatic hydroxyl groups is 1. The third kappa shape index (κ3) is 1.31. The van der Waals surface area contributed by atoms with Crippen molar-refractivity contribution < 1.29 is 14.6 Å². The summed E-state index contributed by atoms with van der Waals surface area (Å²) < 4.78 is 1.20. The lowest BCUT2D eigenvalue weighted by atomic mass is 10.3. The molecule has 0 bridgehead atoms. The Morgan fingerprint density at radius 2 is 2.00 bits per heavy atom. The third-order valence-corrected chi connectivity index (χ3v) is 5.15. The van der Waals surface area contributed by atoms with Gasteiger partial charge in [-0.05, 0) is 0 Å². The van der Waals surface area contributed by atoms with Crippen LogP contribution in [0.5, 0.6) is 0 Å². The predicted octanol–water partition coefficient (Wildman–Crippen LogP) is 1.52. The highest BCUT2D eigenvalue weighted by Crippen LogP contribution is 2.53. The molecule has 0 aromatic carbocycles. The van der Waals surface area contributed by atoms with Crippen LogP contribution in [-0.4, -0.2) is 24.9 Å². The molecule has 0 amide bonds. The Labute approximate surface area is 89.2 Å². The van der Waals surface area contributed by atoms with Crippen molar-refractivity contribution in [1.29, 1.82) is 0 Å². The first-order valence-electron chi connectivity index (χ1n) is 2.45. The third-order valence-electron chi connectivity index (χ3n) is 1.20. The fraction of sp³-hybridized carbons (Fsp3) is 0.750. The smallest absolute Gasteiger partial charge is 0.343 e. The molecule has 1 saturated heterocycles. The zero-order valence-corrected chi connectivity index (χ0v) is 9.54. The molecular weight excluding hydrogens is 327 g/mol. The average Bonchev–Trinajstić information content (AvgIpc) is 1.95. The quantitative estimate of drug-likeness (QED) is 0.542. The molecule has 1 heterocycles. The lowest BCUT2D eigenvalue weighted by Crippen LogP contribution is -2.39. The SMILES string of the molecule is O=C1OC(O)C(Cl)(Br)C1(Cl)Br. The van der Waals surface area contributed by atoms with Crippen molar-refractivity contribution in [3.05, 3.63) is 0 Å². The van der Waals surface area contributed by atoms with E-state index in [-0.39, 0.29) is 0 Å². The maximum atomic E-state index is 10.8. The fourth-order valence-corrected chi connectivity index (χ4v) is 1.34.